The van der Waals surface area contributed by atoms with Crippen LogP contribution in [0.3, 0.4) is 0 Å². The lowest BCUT2D eigenvalue weighted by Gasteiger charge is -2.10. The van der Waals surface area contributed by atoms with E-state index in [0.29, 0.717) is 11.5 Å². The van der Waals surface area contributed by atoms with E-state index in [1.54, 1.807) is 6.20 Å². The smallest absolute Gasteiger partial charge is 0.255 e. The summed E-state index contributed by atoms with van der Waals surface area (Å²) in [6, 6.07) is 21.4. The van der Waals surface area contributed by atoms with Crippen LogP contribution in [0.25, 0.3) is 22.0 Å². The molecule has 1 heterocycles. The normalized spacial score (nSPS) is 11.0. The number of nitrogens with one attached hydrogen (secondary N) is 1. The molecule has 0 saturated heterocycles. The lowest BCUT2D eigenvalue weighted by atomic mass is 10.0. The minimum Gasteiger partial charge on any atom is -0.368 e. The van der Waals surface area contributed by atoms with Crippen molar-refractivity contribution < 1.29 is 4.79 Å². The quantitative estimate of drug-likeness (QED) is 0.505. The Bertz CT molecular complexity index is 1200. The maximum absolute atomic E-state index is 12.8. The molecule has 3 aromatic carbocycles. The van der Waals surface area contributed by atoms with Crippen molar-refractivity contribution in [3.8, 4) is 11.1 Å². The molecule has 144 valence electrons. The van der Waals surface area contributed by atoms with Crippen LogP contribution in [0.15, 0.2) is 72.9 Å². The third-order valence-corrected chi connectivity index (χ3v) is 4.87. The fourth-order valence-electron chi connectivity index (χ4n) is 3.25. The fraction of sp³-hybridized carbons (Fsp3) is 0.125. The number of carbonyl (C=O) groups excluding carboxylic acids is 1. The molecule has 0 unspecified atom stereocenters. The van der Waals surface area contributed by atoms with Gasteiger partial charge < -0.3 is 11.1 Å². The molecule has 0 atom stereocenters. The van der Waals surface area contributed by atoms with Gasteiger partial charge in [-0.05, 0) is 59.0 Å². The number of nitrogen functional groups attached to an aromatic ring is 1. The molecule has 0 aliphatic carbocycles. The zero-order valence-corrected chi connectivity index (χ0v) is 16.4. The van der Waals surface area contributed by atoms with Crippen LogP contribution in [0, 0.1) is 0 Å². The van der Waals surface area contributed by atoms with E-state index in [-0.39, 0.29) is 11.9 Å². The van der Waals surface area contributed by atoms with Crippen molar-refractivity contribution in [3.63, 3.8) is 0 Å². The van der Waals surface area contributed by atoms with Crippen molar-refractivity contribution in [2.75, 3.05) is 11.1 Å². The third kappa shape index (κ3) is 4.09. The molecule has 1 aromatic heterocycles. The summed E-state index contributed by atoms with van der Waals surface area (Å²) in [7, 11) is 0. The van der Waals surface area contributed by atoms with Crippen molar-refractivity contribution in [3.05, 3.63) is 84.1 Å². The minimum absolute atomic E-state index is 0.135. The molecule has 3 N–H and O–H groups in total. The van der Waals surface area contributed by atoms with Gasteiger partial charge in [0, 0.05) is 22.8 Å². The summed E-state index contributed by atoms with van der Waals surface area (Å²) in [5.74, 6) is 0.525. The highest BCUT2D eigenvalue weighted by molar-refractivity contribution is 6.05. The van der Waals surface area contributed by atoms with E-state index in [1.165, 1.54) is 5.56 Å². The van der Waals surface area contributed by atoms with Gasteiger partial charge in [0.1, 0.15) is 0 Å². The average molecular weight is 382 g/mol. The van der Waals surface area contributed by atoms with Crippen molar-refractivity contribution >= 4 is 28.4 Å². The van der Waals surface area contributed by atoms with Gasteiger partial charge >= 0.3 is 0 Å². The molecule has 0 fully saturated rings. The number of anilines is 2. The molecular weight excluding hydrogens is 360 g/mol. The highest BCUT2D eigenvalue weighted by Crippen LogP contribution is 2.25. The Morgan fingerprint density at radius 2 is 1.76 bits per heavy atom. The molecule has 5 heteroatoms. The summed E-state index contributed by atoms with van der Waals surface area (Å²) in [6.07, 6.45) is 1.71. The summed E-state index contributed by atoms with van der Waals surface area (Å²) in [5, 5.41) is 3.90. The molecule has 4 aromatic rings. The van der Waals surface area contributed by atoms with E-state index in [9.17, 15) is 4.79 Å². The molecule has 0 spiro atoms. The number of amides is 1. The lowest BCUT2D eigenvalue weighted by Crippen LogP contribution is -2.12. The first-order valence-electron chi connectivity index (χ1n) is 9.53. The molecular formula is C24H22N4O. The predicted octanol–water partition coefficient (Wildman–Crippen LogP) is 5.25. The summed E-state index contributed by atoms with van der Waals surface area (Å²) >= 11 is 0. The lowest BCUT2D eigenvalue weighted by molar-refractivity contribution is 0.102. The Balaban J connectivity index is 1.61. The second kappa shape index (κ2) is 7.72. The number of aromatic nitrogens is 2. The van der Waals surface area contributed by atoms with Gasteiger partial charge in [-0.1, -0.05) is 44.2 Å². The van der Waals surface area contributed by atoms with Gasteiger partial charge in [-0.25, -0.2) is 9.97 Å². The molecule has 0 saturated carbocycles. The molecule has 4 rings (SSSR count). The van der Waals surface area contributed by atoms with Gasteiger partial charge in [0.05, 0.1) is 5.52 Å². The summed E-state index contributed by atoms with van der Waals surface area (Å²) in [4.78, 5) is 21.1. The monoisotopic (exact) mass is 382 g/mol. The van der Waals surface area contributed by atoms with Crippen LogP contribution >= 0.6 is 0 Å². The van der Waals surface area contributed by atoms with Crippen LogP contribution < -0.4 is 11.1 Å². The second-order valence-electron chi connectivity index (χ2n) is 7.32. The van der Waals surface area contributed by atoms with E-state index in [2.05, 4.69) is 35.2 Å². The first-order valence-corrected chi connectivity index (χ1v) is 9.53. The van der Waals surface area contributed by atoms with Crippen molar-refractivity contribution in [1.29, 1.82) is 0 Å². The highest BCUT2D eigenvalue weighted by Gasteiger charge is 2.09. The van der Waals surface area contributed by atoms with Gasteiger partial charge in [0.2, 0.25) is 5.95 Å². The number of benzene rings is 3. The second-order valence-corrected chi connectivity index (χ2v) is 7.32. The zero-order valence-electron chi connectivity index (χ0n) is 16.4. The number of nitrogens with two attached hydrogens (primary N) is 1. The van der Waals surface area contributed by atoms with E-state index < -0.39 is 0 Å². The van der Waals surface area contributed by atoms with Gasteiger partial charge in [0.25, 0.3) is 5.91 Å². The number of hydrogen-bond donors (Lipinski definition) is 2. The molecule has 0 radical (unpaired) electrons. The number of nitrogens with zero attached hydrogens (tertiary/aromatic N) is 2. The molecule has 0 bridgehead atoms. The SMILES string of the molecule is CC(C)c1cccc(NC(=O)c2cccc(-c3ccc4nc(N)ncc4c3)c2)c1. The number of rotatable bonds is 4. The van der Waals surface area contributed by atoms with Gasteiger partial charge in [-0.3, -0.25) is 4.79 Å². The summed E-state index contributed by atoms with van der Waals surface area (Å²) in [6.45, 7) is 4.26. The number of hydrogen-bond acceptors (Lipinski definition) is 4. The van der Waals surface area contributed by atoms with Gasteiger partial charge in [0.15, 0.2) is 0 Å². The van der Waals surface area contributed by atoms with E-state index in [4.69, 9.17) is 5.73 Å². The van der Waals surface area contributed by atoms with Crippen LogP contribution in [-0.4, -0.2) is 15.9 Å². The van der Waals surface area contributed by atoms with Crippen molar-refractivity contribution in [2.24, 2.45) is 0 Å². The Morgan fingerprint density at radius 3 is 2.59 bits per heavy atom. The Labute approximate surface area is 169 Å². The van der Waals surface area contributed by atoms with Gasteiger partial charge in [-0.2, -0.15) is 0 Å². The zero-order chi connectivity index (χ0) is 20.4. The topological polar surface area (TPSA) is 80.9 Å². The Kier molecular flexibility index (Phi) is 4.96. The number of carbonyl (C=O) groups is 1. The number of fused-ring (bicyclic) bond motifs is 1. The largest absolute Gasteiger partial charge is 0.368 e. The van der Waals surface area contributed by atoms with Crippen LogP contribution in [0.2, 0.25) is 0 Å². The van der Waals surface area contributed by atoms with Crippen LogP contribution in [0.1, 0.15) is 35.7 Å². The first kappa shape index (κ1) is 18.6. The van der Waals surface area contributed by atoms with E-state index in [0.717, 1.165) is 27.7 Å². The van der Waals surface area contributed by atoms with E-state index >= 15 is 0 Å². The van der Waals surface area contributed by atoms with Crippen LogP contribution in [0.5, 0.6) is 0 Å². The van der Waals surface area contributed by atoms with Crippen molar-refractivity contribution in [1.82, 2.24) is 9.97 Å². The Hall–Kier alpha value is -3.73. The summed E-state index contributed by atoms with van der Waals surface area (Å²) < 4.78 is 0. The highest BCUT2D eigenvalue weighted by atomic mass is 16.1. The molecule has 0 aliphatic heterocycles. The average Bonchev–Trinajstić information content (AvgIpc) is 2.73. The summed E-state index contributed by atoms with van der Waals surface area (Å²) in [5.41, 5.74) is 11.0. The third-order valence-electron chi connectivity index (χ3n) is 4.87. The van der Waals surface area contributed by atoms with Gasteiger partial charge in [-0.15, -0.1) is 0 Å². The van der Waals surface area contributed by atoms with E-state index in [1.807, 2.05) is 60.7 Å². The maximum atomic E-state index is 12.8. The Morgan fingerprint density at radius 1 is 0.966 bits per heavy atom. The molecule has 29 heavy (non-hydrogen) atoms. The molecule has 0 aliphatic rings. The molecule has 5 nitrogen and oxygen atoms in total. The van der Waals surface area contributed by atoms with Crippen LogP contribution in [0.4, 0.5) is 11.6 Å². The standard InChI is InChI=1S/C24H22N4O/c1-15(2)16-5-4-8-21(13-16)27-23(29)19-7-3-6-17(11-19)18-9-10-22-20(12-18)14-26-24(25)28-22/h3-15H,1-2H3,(H,27,29)(H2,25,26,28). The van der Waals surface area contributed by atoms with Crippen molar-refractivity contribution in [2.45, 2.75) is 19.8 Å². The van der Waals surface area contributed by atoms with Crippen LogP contribution in [-0.2, 0) is 0 Å². The first-order chi connectivity index (χ1) is 14.0. The fourth-order valence-corrected chi connectivity index (χ4v) is 3.25. The predicted molar refractivity (Wildman–Crippen MR) is 118 cm³/mol. The minimum atomic E-state index is -0.135. The maximum Gasteiger partial charge on any atom is 0.255 e. The molecule has 1 amide bonds.